The number of rotatable bonds is 2. The maximum absolute atomic E-state index is 12.9. The van der Waals surface area contributed by atoms with Crippen LogP contribution in [0.2, 0.25) is 0 Å². The molecule has 2 rings (SSSR count). The molecule has 0 aromatic carbocycles. The predicted octanol–water partition coefficient (Wildman–Crippen LogP) is 1.07. The Labute approximate surface area is 99.1 Å². The summed E-state index contributed by atoms with van der Waals surface area (Å²) in [6, 6.07) is 2.65. The van der Waals surface area contributed by atoms with E-state index in [9.17, 15) is 9.18 Å². The maximum Gasteiger partial charge on any atom is 0.254 e. The van der Waals surface area contributed by atoms with E-state index >= 15 is 0 Å². The number of pyridine rings is 1. The molecular weight excluding hydrogens is 223 g/mol. The molecule has 1 aromatic rings. The molecule has 0 aliphatic carbocycles. The van der Waals surface area contributed by atoms with Crippen molar-refractivity contribution in [3.8, 4) is 0 Å². The van der Waals surface area contributed by atoms with E-state index in [1.165, 1.54) is 12.3 Å². The minimum Gasteiger partial charge on any atom is -0.396 e. The molecule has 2 heterocycles. The standard InChI is InChI=1S/C12H15FN2O2/c13-11-6-10(3-4-14-11)12(17)15-5-1-2-9(7-15)8-16/h3-4,6,9,16H,1-2,5,7-8H2. The van der Waals surface area contributed by atoms with Crippen LogP contribution < -0.4 is 0 Å². The first-order valence-corrected chi connectivity index (χ1v) is 5.72. The first kappa shape index (κ1) is 12.0. The van der Waals surface area contributed by atoms with Crippen molar-refractivity contribution in [1.29, 1.82) is 0 Å². The number of aromatic nitrogens is 1. The molecule has 92 valence electrons. The Morgan fingerprint density at radius 2 is 2.47 bits per heavy atom. The van der Waals surface area contributed by atoms with Gasteiger partial charge in [-0.25, -0.2) is 4.98 Å². The Bertz CT molecular complexity index is 411. The second kappa shape index (κ2) is 5.23. The fraction of sp³-hybridized carbons (Fsp3) is 0.500. The summed E-state index contributed by atoms with van der Waals surface area (Å²) in [6.45, 7) is 1.30. The summed E-state index contributed by atoms with van der Waals surface area (Å²) in [5, 5.41) is 9.10. The fourth-order valence-electron chi connectivity index (χ4n) is 2.12. The molecule has 1 N–H and O–H groups in total. The zero-order valence-corrected chi connectivity index (χ0v) is 9.47. The summed E-state index contributed by atoms with van der Waals surface area (Å²) in [6.07, 6.45) is 3.10. The van der Waals surface area contributed by atoms with Crippen LogP contribution in [-0.4, -0.2) is 40.6 Å². The molecule has 1 aliphatic rings. The zero-order chi connectivity index (χ0) is 12.3. The van der Waals surface area contributed by atoms with Gasteiger partial charge < -0.3 is 10.0 Å². The second-order valence-electron chi connectivity index (χ2n) is 4.31. The first-order chi connectivity index (χ1) is 8.20. The normalized spacial score (nSPS) is 20.4. The van der Waals surface area contributed by atoms with Crippen LogP contribution in [0.5, 0.6) is 0 Å². The lowest BCUT2D eigenvalue weighted by Gasteiger charge is -2.31. The summed E-state index contributed by atoms with van der Waals surface area (Å²) in [4.78, 5) is 17.2. The Morgan fingerprint density at radius 3 is 3.18 bits per heavy atom. The molecule has 0 radical (unpaired) electrons. The van der Waals surface area contributed by atoms with Crippen LogP contribution >= 0.6 is 0 Å². The molecule has 1 aliphatic heterocycles. The van der Waals surface area contributed by atoms with Gasteiger partial charge in [0.25, 0.3) is 5.91 Å². The molecule has 17 heavy (non-hydrogen) atoms. The van der Waals surface area contributed by atoms with Crippen LogP contribution in [0, 0.1) is 11.9 Å². The van der Waals surface area contributed by atoms with Gasteiger partial charge >= 0.3 is 0 Å². The topological polar surface area (TPSA) is 53.4 Å². The van der Waals surface area contributed by atoms with E-state index in [4.69, 9.17) is 5.11 Å². The molecule has 1 unspecified atom stereocenters. The molecule has 5 heteroatoms. The molecular formula is C12H15FN2O2. The Morgan fingerprint density at radius 1 is 1.65 bits per heavy atom. The van der Waals surface area contributed by atoms with Gasteiger partial charge in [-0.1, -0.05) is 0 Å². The molecule has 1 saturated heterocycles. The average Bonchev–Trinajstić information content (AvgIpc) is 2.38. The fourth-order valence-corrected chi connectivity index (χ4v) is 2.12. The first-order valence-electron chi connectivity index (χ1n) is 5.72. The molecule has 0 bridgehead atoms. The highest BCUT2D eigenvalue weighted by Crippen LogP contribution is 2.18. The number of hydrogen-bond acceptors (Lipinski definition) is 3. The number of carbonyl (C=O) groups excluding carboxylic acids is 1. The van der Waals surface area contributed by atoms with Crippen molar-refractivity contribution in [2.24, 2.45) is 5.92 Å². The molecule has 1 aromatic heterocycles. The van der Waals surface area contributed by atoms with Gasteiger partial charge in [0, 0.05) is 37.5 Å². The third-order valence-electron chi connectivity index (χ3n) is 3.04. The maximum atomic E-state index is 12.9. The molecule has 4 nitrogen and oxygen atoms in total. The van der Waals surface area contributed by atoms with Gasteiger partial charge in [-0.3, -0.25) is 4.79 Å². The molecule has 0 spiro atoms. The van der Waals surface area contributed by atoms with E-state index in [1.54, 1.807) is 4.90 Å². The molecule has 0 saturated carbocycles. The van der Waals surface area contributed by atoms with E-state index in [-0.39, 0.29) is 18.4 Å². The quantitative estimate of drug-likeness (QED) is 0.784. The lowest BCUT2D eigenvalue weighted by Crippen LogP contribution is -2.41. The number of hydrogen-bond donors (Lipinski definition) is 1. The van der Waals surface area contributed by atoms with Crippen molar-refractivity contribution in [1.82, 2.24) is 9.88 Å². The van der Waals surface area contributed by atoms with Gasteiger partial charge in [-0.15, -0.1) is 0 Å². The summed E-state index contributed by atoms with van der Waals surface area (Å²) in [5.74, 6) is -0.699. The molecule has 1 fully saturated rings. The summed E-state index contributed by atoms with van der Waals surface area (Å²) in [7, 11) is 0. The van der Waals surface area contributed by atoms with Gasteiger partial charge in [-0.05, 0) is 24.8 Å². The van der Waals surface area contributed by atoms with Crippen LogP contribution in [0.1, 0.15) is 23.2 Å². The minimum atomic E-state index is -0.647. The van der Waals surface area contributed by atoms with E-state index in [2.05, 4.69) is 4.98 Å². The monoisotopic (exact) mass is 238 g/mol. The zero-order valence-electron chi connectivity index (χ0n) is 9.47. The molecule has 1 amide bonds. The van der Waals surface area contributed by atoms with Gasteiger partial charge in [-0.2, -0.15) is 4.39 Å². The number of aliphatic hydroxyl groups is 1. The van der Waals surface area contributed by atoms with Gasteiger partial charge in [0.1, 0.15) is 0 Å². The highest BCUT2D eigenvalue weighted by Gasteiger charge is 2.24. The smallest absolute Gasteiger partial charge is 0.254 e. The number of nitrogens with zero attached hydrogens (tertiary/aromatic N) is 2. The molecule has 1 atom stereocenters. The lowest BCUT2D eigenvalue weighted by molar-refractivity contribution is 0.0620. The van der Waals surface area contributed by atoms with Gasteiger partial charge in [0.15, 0.2) is 0 Å². The predicted molar refractivity (Wildman–Crippen MR) is 59.9 cm³/mol. The number of likely N-dealkylation sites (tertiary alicyclic amines) is 1. The van der Waals surface area contributed by atoms with Crippen molar-refractivity contribution in [3.05, 3.63) is 29.8 Å². The van der Waals surface area contributed by atoms with Crippen molar-refractivity contribution in [3.63, 3.8) is 0 Å². The van der Waals surface area contributed by atoms with E-state index in [1.807, 2.05) is 0 Å². The second-order valence-corrected chi connectivity index (χ2v) is 4.31. The number of piperidine rings is 1. The van der Waals surface area contributed by atoms with Crippen molar-refractivity contribution >= 4 is 5.91 Å². The van der Waals surface area contributed by atoms with Crippen molar-refractivity contribution < 1.29 is 14.3 Å². The summed E-state index contributed by atoms with van der Waals surface area (Å²) in [5.41, 5.74) is 0.316. The Hall–Kier alpha value is -1.49. The van der Waals surface area contributed by atoms with Crippen LogP contribution in [0.4, 0.5) is 4.39 Å². The number of carbonyl (C=O) groups is 1. The third kappa shape index (κ3) is 2.79. The minimum absolute atomic E-state index is 0.0918. The van der Waals surface area contributed by atoms with E-state index in [0.29, 0.717) is 18.7 Å². The third-order valence-corrected chi connectivity index (χ3v) is 3.04. The Kier molecular flexibility index (Phi) is 3.68. The lowest BCUT2D eigenvalue weighted by atomic mass is 9.98. The van der Waals surface area contributed by atoms with Crippen LogP contribution in [0.3, 0.4) is 0 Å². The summed E-state index contributed by atoms with van der Waals surface area (Å²) >= 11 is 0. The van der Waals surface area contributed by atoms with Gasteiger partial charge in [0.05, 0.1) is 0 Å². The van der Waals surface area contributed by atoms with E-state index < -0.39 is 5.95 Å². The highest BCUT2D eigenvalue weighted by molar-refractivity contribution is 5.94. The van der Waals surface area contributed by atoms with Crippen LogP contribution in [0.15, 0.2) is 18.3 Å². The Balaban J connectivity index is 2.09. The largest absolute Gasteiger partial charge is 0.396 e. The number of amides is 1. The van der Waals surface area contributed by atoms with Crippen molar-refractivity contribution in [2.45, 2.75) is 12.8 Å². The van der Waals surface area contributed by atoms with Crippen LogP contribution in [0.25, 0.3) is 0 Å². The van der Waals surface area contributed by atoms with Crippen LogP contribution in [-0.2, 0) is 0 Å². The van der Waals surface area contributed by atoms with Gasteiger partial charge in [0.2, 0.25) is 5.95 Å². The number of aliphatic hydroxyl groups excluding tert-OH is 1. The SMILES string of the molecule is O=C(c1ccnc(F)c1)N1CCCC(CO)C1. The summed E-state index contributed by atoms with van der Waals surface area (Å²) < 4.78 is 12.9. The van der Waals surface area contributed by atoms with E-state index in [0.717, 1.165) is 18.9 Å². The van der Waals surface area contributed by atoms with Crippen molar-refractivity contribution in [2.75, 3.05) is 19.7 Å². The average molecular weight is 238 g/mol. The highest BCUT2D eigenvalue weighted by atomic mass is 19.1. The number of halogens is 1.